The van der Waals surface area contributed by atoms with Gasteiger partial charge in [0.05, 0.1) is 12.0 Å². The Hall–Kier alpha value is -1.35. The molecule has 88 valence electrons. The van der Waals surface area contributed by atoms with Crippen LogP contribution in [-0.2, 0) is 9.53 Å². The first-order chi connectivity index (χ1) is 7.69. The molecule has 0 radical (unpaired) electrons. The predicted molar refractivity (Wildman–Crippen MR) is 64.1 cm³/mol. The van der Waals surface area contributed by atoms with Gasteiger partial charge in [0.1, 0.15) is 0 Å². The van der Waals surface area contributed by atoms with Crippen molar-refractivity contribution in [3.05, 3.63) is 35.9 Å². The Morgan fingerprint density at radius 1 is 1.38 bits per heavy atom. The summed E-state index contributed by atoms with van der Waals surface area (Å²) in [5, 5.41) is 0. The Kier molecular flexibility index (Phi) is 4.99. The molecule has 1 aromatic rings. The number of hydrogen-bond donors (Lipinski definition) is 1. The number of nitrogens with two attached hydrogens (primary N) is 1. The molecule has 0 aliphatic rings. The summed E-state index contributed by atoms with van der Waals surface area (Å²) in [6, 6.07) is 9.50. The minimum atomic E-state index is -0.352. The molecule has 0 heterocycles. The van der Waals surface area contributed by atoms with Crippen LogP contribution in [0.5, 0.6) is 0 Å². The Balaban J connectivity index is 2.71. The number of rotatable bonds is 5. The molecule has 2 atom stereocenters. The van der Waals surface area contributed by atoms with E-state index in [0.717, 1.165) is 12.0 Å². The minimum Gasteiger partial charge on any atom is -0.462 e. The molecule has 0 aromatic heterocycles. The van der Waals surface area contributed by atoms with E-state index >= 15 is 0 Å². The van der Waals surface area contributed by atoms with E-state index in [1.807, 2.05) is 44.2 Å². The van der Waals surface area contributed by atoms with Crippen LogP contribution in [0.15, 0.2) is 30.3 Å². The Morgan fingerprint density at radius 3 is 2.50 bits per heavy atom. The lowest BCUT2D eigenvalue weighted by Gasteiger charge is -2.17. The summed E-state index contributed by atoms with van der Waals surface area (Å²) in [7, 11) is 0. The number of carbonyl (C=O) groups is 1. The van der Waals surface area contributed by atoms with Gasteiger partial charge in [0.25, 0.3) is 0 Å². The normalized spacial score (nSPS) is 14.2. The summed E-state index contributed by atoms with van der Waals surface area (Å²) in [4.78, 5) is 11.8. The van der Waals surface area contributed by atoms with Crippen molar-refractivity contribution in [2.75, 3.05) is 6.54 Å². The van der Waals surface area contributed by atoms with Crippen molar-refractivity contribution >= 4 is 5.97 Å². The third kappa shape index (κ3) is 3.35. The van der Waals surface area contributed by atoms with Crippen LogP contribution in [0.4, 0.5) is 0 Å². The lowest BCUT2D eigenvalue weighted by molar-refractivity contribution is -0.149. The molecule has 0 spiro atoms. The molecule has 0 aliphatic heterocycles. The standard InChI is InChI=1S/C13H19NO2/c1-3-10(2)16-13(15)12(9-14)11-7-5-4-6-8-11/h4-8,10,12H,3,9,14H2,1-2H3. The van der Waals surface area contributed by atoms with Crippen LogP contribution in [0, 0.1) is 0 Å². The summed E-state index contributed by atoms with van der Waals surface area (Å²) >= 11 is 0. The van der Waals surface area contributed by atoms with Crippen LogP contribution in [0.2, 0.25) is 0 Å². The molecule has 1 aromatic carbocycles. The zero-order chi connectivity index (χ0) is 12.0. The van der Waals surface area contributed by atoms with Crippen molar-refractivity contribution < 1.29 is 9.53 Å². The number of carbonyl (C=O) groups excluding carboxylic acids is 1. The highest BCUT2D eigenvalue weighted by Crippen LogP contribution is 2.17. The third-order valence-electron chi connectivity index (χ3n) is 2.61. The number of ether oxygens (including phenoxy) is 1. The third-order valence-corrected chi connectivity index (χ3v) is 2.61. The van der Waals surface area contributed by atoms with Gasteiger partial charge in [-0.15, -0.1) is 0 Å². The molecule has 3 nitrogen and oxygen atoms in total. The van der Waals surface area contributed by atoms with Crippen LogP contribution in [0.3, 0.4) is 0 Å². The number of benzene rings is 1. The first kappa shape index (κ1) is 12.7. The second-order valence-corrected chi connectivity index (χ2v) is 3.85. The topological polar surface area (TPSA) is 52.3 Å². The molecule has 1 rings (SSSR count). The second-order valence-electron chi connectivity index (χ2n) is 3.85. The molecule has 0 fully saturated rings. The van der Waals surface area contributed by atoms with Gasteiger partial charge in [-0.2, -0.15) is 0 Å². The van der Waals surface area contributed by atoms with Crippen LogP contribution >= 0.6 is 0 Å². The van der Waals surface area contributed by atoms with Crippen LogP contribution in [0.1, 0.15) is 31.7 Å². The molecule has 16 heavy (non-hydrogen) atoms. The van der Waals surface area contributed by atoms with Crippen LogP contribution in [0.25, 0.3) is 0 Å². The molecular formula is C13H19NO2. The SMILES string of the molecule is CCC(C)OC(=O)C(CN)c1ccccc1. The highest BCUT2D eigenvalue weighted by atomic mass is 16.5. The maximum Gasteiger partial charge on any atom is 0.314 e. The lowest BCUT2D eigenvalue weighted by Crippen LogP contribution is -2.26. The fourth-order valence-corrected chi connectivity index (χ4v) is 1.42. The first-order valence-corrected chi connectivity index (χ1v) is 5.64. The van der Waals surface area contributed by atoms with Gasteiger partial charge >= 0.3 is 5.97 Å². The Morgan fingerprint density at radius 2 is 2.00 bits per heavy atom. The lowest BCUT2D eigenvalue weighted by atomic mass is 9.99. The quantitative estimate of drug-likeness (QED) is 0.774. The van der Waals surface area contributed by atoms with Crippen molar-refractivity contribution in [1.29, 1.82) is 0 Å². The summed E-state index contributed by atoms with van der Waals surface area (Å²) in [5.74, 6) is -0.585. The van der Waals surface area contributed by atoms with E-state index in [4.69, 9.17) is 10.5 Å². The van der Waals surface area contributed by atoms with Gasteiger partial charge in [0.15, 0.2) is 0 Å². The predicted octanol–water partition coefficient (Wildman–Crippen LogP) is 2.07. The van der Waals surface area contributed by atoms with Crippen molar-refractivity contribution in [3.8, 4) is 0 Å². The molecule has 0 aliphatic carbocycles. The molecule has 2 N–H and O–H groups in total. The summed E-state index contributed by atoms with van der Waals surface area (Å²) in [6.45, 7) is 4.15. The van der Waals surface area contributed by atoms with Gasteiger partial charge in [-0.25, -0.2) is 0 Å². The van der Waals surface area contributed by atoms with Crippen molar-refractivity contribution in [2.24, 2.45) is 5.73 Å². The van der Waals surface area contributed by atoms with Crippen molar-refractivity contribution in [3.63, 3.8) is 0 Å². The van der Waals surface area contributed by atoms with Gasteiger partial charge in [0, 0.05) is 6.54 Å². The van der Waals surface area contributed by atoms with Crippen LogP contribution < -0.4 is 5.73 Å². The highest BCUT2D eigenvalue weighted by Gasteiger charge is 2.21. The number of esters is 1. The molecule has 3 heteroatoms. The van der Waals surface area contributed by atoms with E-state index in [2.05, 4.69) is 0 Å². The first-order valence-electron chi connectivity index (χ1n) is 5.64. The maximum atomic E-state index is 11.8. The summed E-state index contributed by atoms with van der Waals surface area (Å²) < 4.78 is 5.29. The minimum absolute atomic E-state index is 0.0507. The van der Waals surface area contributed by atoms with Crippen molar-refractivity contribution in [2.45, 2.75) is 32.3 Å². The van der Waals surface area contributed by atoms with Gasteiger partial charge in [0.2, 0.25) is 0 Å². The second kappa shape index (κ2) is 6.28. The van der Waals surface area contributed by atoms with Gasteiger partial charge in [-0.1, -0.05) is 37.3 Å². The Bertz CT molecular complexity index is 324. The van der Waals surface area contributed by atoms with E-state index in [0.29, 0.717) is 0 Å². The monoisotopic (exact) mass is 221 g/mol. The summed E-state index contributed by atoms with van der Waals surface area (Å²) in [5.41, 5.74) is 6.54. The van der Waals surface area contributed by atoms with Gasteiger partial charge in [-0.05, 0) is 18.9 Å². The van der Waals surface area contributed by atoms with E-state index in [1.54, 1.807) is 0 Å². The van der Waals surface area contributed by atoms with E-state index in [-0.39, 0.29) is 24.5 Å². The fraction of sp³-hybridized carbons (Fsp3) is 0.462. The summed E-state index contributed by atoms with van der Waals surface area (Å²) in [6.07, 6.45) is 0.767. The Labute approximate surface area is 96.6 Å². The van der Waals surface area contributed by atoms with Crippen LogP contribution in [-0.4, -0.2) is 18.6 Å². The zero-order valence-electron chi connectivity index (χ0n) is 9.85. The number of hydrogen-bond acceptors (Lipinski definition) is 3. The smallest absolute Gasteiger partial charge is 0.314 e. The average molecular weight is 221 g/mol. The van der Waals surface area contributed by atoms with E-state index in [9.17, 15) is 4.79 Å². The molecule has 0 amide bonds. The average Bonchev–Trinajstić information content (AvgIpc) is 2.31. The molecule has 0 bridgehead atoms. The van der Waals surface area contributed by atoms with E-state index in [1.165, 1.54) is 0 Å². The molecule has 0 saturated carbocycles. The molecular weight excluding hydrogens is 202 g/mol. The van der Waals surface area contributed by atoms with Gasteiger partial charge in [-0.3, -0.25) is 4.79 Å². The molecule has 0 saturated heterocycles. The van der Waals surface area contributed by atoms with Gasteiger partial charge < -0.3 is 10.5 Å². The maximum absolute atomic E-state index is 11.8. The zero-order valence-corrected chi connectivity index (χ0v) is 9.85. The largest absolute Gasteiger partial charge is 0.462 e. The highest BCUT2D eigenvalue weighted by molar-refractivity contribution is 5.78. The molecule has 2 unspecified atom stereocenters. The van der Waals surface area contributed by atoms with Crippen molar-refractivity contribution in [1.82, 2.24) is 0 Å². The fourth-order valence-electron chi connectivity index (χ4n) is 1.42. The van der Waals surface area contributed by atoms with E-state index < -0.39 is 0 Å².